The third-order valence-electron chi connectivity index (χ3n) is 1.60. The highest BCUT2D eigenvalue weighted by Gasteiger charge is 1.96. The molecule has 0 aliphatic rings. The van der Waals surface area contributed by atoms with Gasteiger partial charge in [0.15, 0.2) is 0 Å². The summed E-state index contributed by atoms with van der Waals surface area (Å²) < 4.78 is 0. The monoisotopic (exact) mass is 184 g/mol. The molecule has 0 unspecified atom stereocenters. The number of hydrogen-bond acceptors (Lipinski definition) is 2. The summed E-state index contributed by atoms with van der Waals surface area (Å²) in [4.78, 5) is 11.1. The minimum absolute atomic E-state index is 0.0732. The van der Waals surface area contributed by atoms with Crippen LogP contribution in [0, 0.1) is 0 Å². The predicted molar refractivity (Wildman–Crippen MR) is 55.1 cm³/mol. The van der Waals surface area contributed by atoms with E-state index in [0.29, 0.717) is 13.0 Å². The number of allylic oxidation sites excluding steroid dienone is 1. The average Bonchev–Trinajstić information content (AvgIpc) is 2.08. The van der Waals surface area contributed by atoms with Crippen molar-refractivity contribution < 1.29 is 4.79 Å². The van der Waals surface area contributed by atoms with Crippen LogP contribution in [0.5, 0.6) is 0 Å². The summed E-state index contributed by atoms with van der Waals surface area (Å²) >= 11 is 0. The van der Waals surface area contributed by atoms with Crippen molar-refractivity contribution in [1.82, 2.24) is 10.9 Å². The Morgan fingerprint density at radius 1 is 1.38 bits per heavy atom. The van der Waals surface area contributed by atoms with Gasteiger partial charge in [-0.3, -0.25) is 10.2 Å². The van der Waals surface area contributed by atoms with Gasteiger partial charge in [0.25, 0.3) is 0 Å². The molecule has 1 amide bonds. The Kier molecular flexibility index (Phi) is 7.30. The van der Waals surface area contributed by atoms with Crippen molar-refractivity contribution in [3.05, 3.63) is 11.6 Å². The first kappa shape index (κ1) is 12.2. The van der Waals surface area contributed by atoms with Gasteiger partial charge in [-0.25, -0.2) is 5.43 Å². The molecule has 0 aromatic rings. The molecule has 0 spiro atoms. The lowest BCUT2D eigenvalue weighted by Crippen LogP contribution is -2.37. The highest BCUT2D eigenvalue weighted by atomic mass is 16.2. The molecule has 3 nitrogen and oxygen atoms in total. The van der Waals surface area contributed by atoms with Gasteiger partial charge in [0.2, 0.25) is 5.91 Å². The van der Waals surface area contributed by atoms with Crippen LogP contribution in [0.3, 0.4) is 0 Å². The summed E-state index contributed by atoms with van der Waals surface area (Å²) in [6.07, 6.45) is 4.65. The van der Waals surface area contributed by atoms with Gasteiger partial charge >= 0.3 is 0 Å². The molecule has 0 rings (SSSR count). The Bertz CT molecular complexity index is 172. The van der Waals surface area contributed by atoms with Gasteiger partial charge < -0.3 is 0 Å². The van der Waals surface area contributed by atoms with E-state index in [1.807, 2.05) is 19.9 Å². The van der Waals surface area contributed by atoms with E-state index < -0.39 is 0 Å². The third-order valence-corrected chi connectivity index (χ3v) is 1.60. The minimum Gasteiger partial charge on any atom is -0.291 e. The standard InChI is InChI=1S/C10H20N2O/c1-4-5-6-10(13)12-11-8-7-9(2)3/h7,11H,4-6,8H2,1-3H3,(H,12,13). The maximum atomic E-state index is 11.1. The van der Waals surface area contributed by atoms with Crippen molar-refractivity contribution in [2.75, 3.05) is 6.54 Å². The average molecular weight is 184 g/mol. The largest absolute Gasteiger partial charge is 0.291 e. The van der Waals surface area contributed by atoms with E-state index in [1.54, 1.807) is 0 Å². The van der Waals surface area contributed by atoms with Crippen LogP contribution in [-0.4, -0.2) is 12.5 Å². The molecule has 0 aromatic carbocycles. The van der Waals surface area contributed by atoms with Crippen LogP contribution >= 0.6 is 0 Å². The molecule has 13 heavy (non-hydrogen) atoms. The van der Waals surface area contributed by atoms with Crippen molar-refractivity contribution in [2.24, 2.45) is 0 Å². The second-order valence-electron chi connectivity index (χ2n) is 3.31. The van der Waals surface area contributed by atoms with E-state index in [2.05, 4.69) is 17.8 Å². The SMILES string of the molecule is CCCCC(=O)NNCC=C(C)C. The van der Waals surface area contributed by atoms with Gasteiger partial charge in [0, 0.05) is 13.0 Å². The molecule has 0 radical (unpaired) electrons. The van der Waals surface area contributed by atoms with E-state index in [-0.39, 0.29) is 5.91 Å². The summed E-state index contributed by atoms with van der Waals surface area (Å²) in [7, 11) is 0. The van der Waals surface area contributed by atoms with E-state index in [1.165, 1.54) is 5.57 Å². The van der Waals surface area contributed by atoms with Crippen molar-refractivity contribution in [3.8, 4) is 0 Å². The molecule has 0 fully saturated rings. The van der Waals surface area contributed by atoms with Gasteiger partial charge in [-0.2, -0.15) is 0 Å². The molecule has 76 valence electrons. The summed E-state index contributed by atoms with van der Waals surface area (Å²) in [5, 5.41) is 0. The van der Waals surface area contributed by atoms with Crippen LogP contribution in [0.2, 0.25) is 0 Å². The zero-order valence-electron chi connectivity index (χ0n) is 8.81. The molecule has 3 heteroatoms. The van der Waals surface area contributed by atoms with Gasteiger partial charge in [-0.05, 0) is 20.3 Å². The van der Waals surface area contributed by atoms with Crippen LogP contribution in [0.15, 0.2) is 11.6 Å². The summed E-state index contributed by atoms with van der Waals surface area (Å²) in [5.41, 5.74) is 6.73. The Balaban J connectivity index is 3.32. The van der Waals surface area contributed by atoms with Crippen LogP contribution in [-0.2, 0) is 4.79 Å². The van der Waals surface area contributed by atoms with Crippen molar-refractivity contribution in [3.63, 3.8) is 0 Å². The normalized spacial score (nSPS) is 9.46. The topological polar surface area (TPSA) is 41.1 Å². The fraction of sp³-hybridized carbons (Fsp3) is 0.700. The fourth-order valence-corrected chi connectivity index (χ4v) is 0.805. The highest BCUT2D eigenvalue weighted by molar-refractivity contribution is 5.75. The van der Waals surface area contributed by atoms with Gasteiger partial charge in [-0.15, -0.1) is 0 Å². The highest BCUT2D eigenvalue weighted by Crippen LogP contribution is 1.91. The van der Waals surface area contributed by atoms with E-state index >= 15 is 0 Å². The fourth-order valence-electron chi connectivity index (χ4n) is 0.805. The number of rotatable bonds is 6. The molecule has 0 aliphatic carbocycles. The Morgan fingerprint density at radius 2 is 2.08 bits per heavy atom. The molecule has 0 aromatic heterocycles. The van der Waals surface area contributed by atoms with Crippen molar-refractivity contribution in [1.29, 1.82) is 0 Å². The zero-order valence-corrected chi connectivity index (χ0v) is 8.81. The van der Waals surface area contributed by atoms with Crippen LogP contribution in [0.1, 0.15) is 40.0 Å². The van der Waals surface area contributed by atoms with E-state index in [4.69, 9.17) is 0 Å². The summed E-state index contributed by atoms with van der Waals surface area (Å²) in [6, 6.07) is 0. The second kappa shape index (κ2) is 7.80. The Hall–Kier alpha value is -0.830. The maximum Gasteiger partial charge on any atom is 0.234 e. The zero-order chi connectivity index (χ0) is 10.1. The van der Waals surface area contributed by atoms with Crippen molar-refractivity contribution >= 4 is 5.91 Å². The van der Waals surface area contributed by atoms with Gasteiger partial charge in [-0.1, -0.05) is 25.0 Å². The molecule has 0 atom stereocenters. The van der Waals surface area contributed by atoms with E-state index in [9.17, 15) is 4.79 Å². The van der Waals surface area contributed by atoms with Crippen LogP contribution in [0.25, 0.3) is 0 Å². The Labute approximate surface area is 80.6 Å². The quantitative estimate of drug-likeness (QED) is 0.375. The molecule has 0 saturated carbocycles. The first-order chi connectivity index (χ1) is 6.16. The van der Waals surface area contributed by atoms with Crippen LogP contribution < -0.4 is 10.9 Å². The number of nitrogens with one attached hydrogen (secondary N) is 2. The van der Waals surface area contributed by atoms with Gasteiger partial charge in [0.05, 0.1) is 0 Å². The molecule has 0 bridgehead atoms. The number of amides is 1. The number of hydrazine groups is 1. The Morgan fingerprint density at radius 3 is 2.62 bits per heavy atom. The third kappa shape index (κ3) is 9.08. The van der Waals surface area contributed by atoms with Crippen molar-refractivity contribution in [2.45, 2.75) is 40.0 Å². The summed E-state index contributed by atoms with van der Waals surface area (Å²) in [6.45, 7) is 6.82. The molecule has 2 N–H and O–H groups in total. The lowest BCUT2D eigenvalue weighted by atomic mass is 10.2. The number of carbonyl (C=O) groups excluding carboxylic acids is 1. The smallest absolute Gasteiger partial charge is 0.234 e. The maximum absolute atomic E-state index is 11.1. The number of hydrogen-bond donors (Lipinski definition) is 2. The molecule has 0 aliphatic heterocycles. The molecule has 0 heterocycles. The molecule has 0 saturated heterocycles. The summed E-state index contributed by atoms with van der Waals surface area (Å²) in [5.74, 6) is 0.0732. The minimum atomic E-state index is 0.0732. The first-order valence-electron chi connectivity index (χ1n) is 4.82. The lowest BCUT2D eigenvalue weighted by molar-refractivity contribution is -0.122. The number of carbonyl (C=O) groups is 1. The lowest BCUT2D eigenvalue weighted by Gasteiger charge is -2.04. The molecular weight excluding hydrogens is 164 g/mol. The predicted octanol–water partition coefficient (Wildman–Crippen LogP) is 1.76. The number of unbranched alkanes of at least 4 members (excludes halogenated alkanes) is 1. The first-order valence-corrected chi connectivity index (χ1v) is 4.82. The van der Waals surface area contributed by atoms with Crippen LogP contribution in [0.4, 0.5) is 0 Å². The second-order valence-corrected chi connectivity index (χ2v) is 3.31. The van der Waals surface area contributed by atoms with Gasteiger partial charge in [0.1, 0.15) is 0 Å². The van der Waals surface area contributed by atoms with E-state index in [0.717, 1.165) is 12.8 Å². The molecular formula is C10H20N2O.